The van der Waals surface area contributed by atoms with Crippen molar-refractivity contribution in [3.05, 3.63) is 24.0 Å². The van der Waals surface area contributed by atoms with Gasteiger partial charge in [-0.1, -0.05) is 0 Å². The summed E-state index contributed by atoms with van der Waals surface area (Å²) in [6.45, 7) is 1.53. The van der Waals surface area contributed by atoms with E-state index in [-0.39, 0.29) is 12.5 Å². The molecule has 0 amide bonds. The van der Waals surface area contributed by atoms with Gasteiger partial charge in [0.25, 0.3) is 0 Å². The second kappa shape index (κ2) is 4.52. The third kappa shape index (κ3) is 2.69. The minimum Gasteiger partial charge on any atom is -0.396 e. The average molecular weight is 246 g/mol. The molecule has 1 atom stereocenters. The highest BCUT2D eigenvalue weighted by Gasteiger charge is 2.32. The molecule has 2 rings (SSSR count). The Labute approximate surface area is 96.9 Å². The van der Waals surface area contributed by atoms with Crippen LogP contribution in [0.3, 0.4) is 0 Å². The van der Waals surface area contributed by atoms with Crippen LogP contribution in [-0.2, 0) is 6.18 Å². The molecule has 2 heterocycles. The maximum absolute atomic E-state index is 12.3. The fraction of sp³-hybridized carbons (Fsp3) is 0.545. The molecule has 1 aromatic rings. The number of nitrogens with zero attached hydrogens (tertiary/aromatic N) is 2. The number of halogens is 3. The number of aliphatic hydroxyl groups is 1. The van der Waals surface area contributed by atoms with Crippen molar-refractivity contribution in [3.63, 3.8) is 0 Å². The van der Waals surface area contributed by atoms with Gasteiger partial charge in [-0.25, -0.2) is 4.98 Å². The Balaban J connectivity index is 2.09. The van der Waals surface area contributed by atoms with Crippen LogP contribution in [0.4, 0.5) is 18.9 Å². The Kier molecular flexibility index (Phi) is 3.24. The van der Waals surface area contributed by atoms with Gasteiger partial charge >= 0.3 is 6.18 Å². The van der Waals surface area contributed by atoms with Crippen molar-refractivity contribution in [2.24, 2.45) is 5.92 Å². The highest BCUT2D eigenvalue weighted by atomic mass is 19.4. The van der Waals surface area contributed by atoms with E-state index in [0.717, 1.165) is 19.0 Å². The first-order valence-electron chi connectivity index (χ1n) is 5.40. The molecule has 0 spiro atoms. The molecule has 6 heteroatoms. The summed E-state index contributed by atoms with van der Waals surface area (Å²) in [5.74, 6) is 0.206. The molecular formula is C11H13F3N2O. The summed E-state index contributed by atoms with van der Waals surface area (Å²) in [5, 5.41) is 8.99. The molecule has 0 saturated carbocycles. The van der Waals surface area contributed by atoms with Gasteiger partial charge in [-0.3, -0.25) is 0 Å². The van der Waals surface area contributed by atoms with E-state index < -0.39 is 11.9 Å². The summed E-state index contributed by atoms with van der Waals surface area (Å²) in [5.41, 5.74) is -0.201. The molecule has 17 heavy (non-hydrogen) atoms. The summed E-state index contributed by atoms with van der Waals surface area (Å²) in [6, 6.07) is 2.41. The molecular weight excluding hydrogens is 233 g/mol. The second-order valence-electron chi connectivity index (χ2n) is 4.18. The van der Waals surface area contributed by atoms with E-state index in [0.29, 0.717) is 12.2 Å². The number of alkyl halides is 3. The van der Waals surface area contributed by atoms with Crippen molar-refractivity contribution >= 4 is 5.69 Å². The van der Waals surface area contributed by atoms with E-state index >= 15 is 0 Å². The highest BCUT2D eigenvalue weighted by molar-refractivity contribution is 5.45. The number of aliphatic hydroxyl groups excluding tert-OH is 1. The Morgan fingerprint density at radius 1 is 1.41 bits per heavy atom. The molecule has 0 unspecified atom stereocenters. The van der Waals surface area contributed by atoms with Crippen molar-refractivity contribution in [1.29, 1.82) is 0 Å². The summed E-state index contributed by atoms with van der Waals surface area (Å²) in [4.78, 5) is 5.35. The average Bonchev–Trinajstić information content (AvgIpc) is 2.76. The van der Waals surface area contributed by atoms with Gasteiger partial charge in [-0.2, -0.15) is 13.2 Å². The van der Waals surface area contributed by atoms with Crippen LogP contribution >= 0.6 is 0 Å². The topological polar surface area (TPSA) is 36.4 Å². The van der Waals surface area contributed by atoms with Crippen molar-refractivity contribution < 1.29 is 18.3 Å². The van der Waals surface area contributed by atoms with Crippen LogP contribution in [0.5, 0.6) is 0 Å². The lowest BCUT2D eigenvalue weighted by Gasteiger charge is -2.18. The standard InChI is InChI=1S/C11H13F3N2O/c12-11(13,14)10-2-1-9(5-15-10)16-4-3-8(6-16)7-17/h1-2,5,8,17H,3-4,6-7H2/t8-/m1/s1. The van der Waals surface area contributed by atoms with Crippen LogP contribution < -0.4 is 4.90 Å². The SMILES string of the molecule is OC[C@@H]1CCN(c2ccc(C(F)(F)F)nc2)C1. The first-order chi connectivity index (χ1) is 8.00. The number of hydrogen-bond acceptors (Lipinski definition) is 3. The summed E-state index contributed by atoms with van der Waals surface area (Å²) in [7, 11) is 0. The molecule has 1 fully saturated rings. The Bertz CT molecular complexity index is 377. The van der Waals surface area contributed by atoms with Gasteiger partial charge < -0.3 is 10.0 Å². The number of pyridine rings is 1. The third-order valence-corrected chi connectivity index (χ3v) is 2.95. The molecule has 0 aromatic carbocycles. The number of aromatic nitrogens is 1. The Hall–Kier alpha value is -1.30. The van der Waals surface area contributed by atoms with Crippen LogP contribution in [0, 0.1) is 5.92 Å². The number of rotatable bonds is 2. The predicted molar refractivity (Wildman–Crippen MR) is 56.6 cm³/mol. The van der Waals surface area contributed by atoms with Crippen LogP contribution in [0.1, 0.15) is 12.1 Å². The summed E-state index contributed by atoms with van der Waals surface area (Å²) < 4.78 is 36.9. The largest absolute Gasteiger partial charge is 0.433 e. The molecule has 1 aliphatic rings. The lowest BCUT2D eigenvalue weighted by molar-refractivity contribution is -0.141. The molecule has 1 saturated heterocycles. The quantitative estimate of drug-likeness (QED) is 0.866. The smallest absolute Gasteiger partial charge is 0.396 e. The van der Waals surface area contributed by atoms with Gasteiger partial charge in [0.05, 0.1) is 11.9 Å². The van der Waals surface area contributed by atoms with E-state index in [9.17, 15) is 13.2 Å². The fourth-order valence-corrected chi connectivity index (χ4v) is 1.96. The lowest BCUT2D eigenvalue weighted by atomic mass is 10.1. The van der Waals surface area contributed by atoms with E-state index in [4.69, 9.17) is 5.11 Å². The Morgan fingerprint density at radius 3 is 2.65 bits per heavy atom. The van der Waals surface area contributed by atoms with Gasteiger partial charge in [-0.05, 0) is 18.6 Å². The molecule has 1 aromatic heterocycles. The van der Waals surface area contributed by atoms with Crippen molar-refractivity contribution in [3.8, 4) is 0 Å². The molecule has 0 bridgehead atoms. The van der Waals surface area contributed by atoms with Crippen LogP contribution in [0.25, 0.3) is 0 Å². The fourth-order valence-electron chi connectivity index (χ4n) is 1.96. The maximum atomic E-state index is 12.3. The van der Waals surface area contributed by atoms with Gasteiger partial charge in [0.1, 0.15) is 5.69 Å². The minimum absolute atomic E-state index is 0.116. The van der Waals surface area contributed by atoms with Crippen molar-refractivity contribution in [1.82, 2.24) is 4.98 Å². The van der Waals surface area contributed by atoms with Gasteiger partial charge in [0.15, 0.2) is 0 Å². The normalized spacial score (nSPS) is 20.9. The predicted octanol–water partition coefficient (Wildman–Crippen LogP) is 1.92. The third-order valence-electron chi connectivity index (χ3n) is 2.95. The van der Waals surface area contributed by atoms with Gasteiger partial charge in [0.2, 0.25) is 0 Å². The maximum Gasteiger partial charge on any atom is 0.433 e. The zero-order valence-electron chi connectivity index (χ0n) is 9.11. The van der Waals surface area contributed by atoms with Crippen LogP contribution in [-0.4, -0.2) is 29.8 Å². The van der Waals surface area contributed by atoms with Gasteiger partial charge in [0, 0.05) is 25.6 Å². The van der Waals surface area contributed by atoms with Crippen LogP contribution in [0.15, 0.2) is 18.3 Å². The first kappa shape index (κ1) is 12.2. The second-order valence-corrected chi connectivity index (χ2v) is 4.18. The van der Waals surface area contributed by atoms with E-state index in [1.54, 1.807) is 0 Å². The molecule has 1 aliphatic heterocycles. The van der Waals surface area contributed by atoms with E-state index in [1.165, 1.54) is 12.3 Å². The first-order valence-corrected chi connectivity index (χ1v) is 5.40. The Morgan fingerprint density at radius 2 is 2.18 bits per heavy atom. The summed E-state index contributed by atoms with van der Waals surface area (Å²) in [6.07, 6.45) is -2.29. The molecule has 0 aliphatic carbocycles. The van der Waals surface area contributed by atoms with E-state index in [2.05, 4.69) is 4.98 Å². The van der Waals surface area contributed by atoms with Crippen LogP contribution in [0.2, 0.25) is 0 Å². The number of anilines is 1. The molecule has 3 nitrogen and oxygen atoms in total. The van der Waals surface area contributed by atoms with E-state index in [1.807, 2.05) is 4.90 Å². The highest BCUT2D eigenvalue weighted by Crippen LogP contribution is 2.29. The number of hydrogen-bond donors (Lipinski definition) is 1. The minimum atomic E-state index is -4.39. The van der Waals surface area contributed by atoms with Crippen molar-refractivity contribution in [2.45, 2.75) is 12.6 Å². The zero-order valence-corrected chi connectivity index (χ0v) is 9.11. The van der Waals surface area contributed by atoms with Crippen molar-refractivity contribution in [2.75, 3.05) is 24.6 Å². The molecule has 1 N–H and O–H groups in total. The zero-order chi connectivity index (χ0) is 12.5. The van der Waals surface area contributed by atoms with Gasteiger partial charge in [-0.15, -0.1) is 0 Å². The summed E-state index contributed by atoms with van der Waals surface area (Å²) >= 11 is 0. The lowest BCUT2D eigenvalue weighted by Crippen LogP contribution is -2.21. The monoisotopic (exact) mass is 246 g/mol. The molecule has 0 radical (unpaired) electrons. The molecule has 94 valence electrons.